The highest BCUT2D eigenvalue weighted by molar-refractivity contribution is 7.22. The van der Waals surface area contributed by atoms with Gasteiger partial charge in [0.2, 0.25) is 0 Å². The second-order valence-electron chi connectivity index (χ2n) is 6.17. The summed E-state index contributed by atoms with van der Waals surface area (Å²) in [4.78, 5) is 21.2. The molecule has 6 nitrogen and oxygen atoms in total. The van der Waals surface area contributed by atoms with E-state index in [0.29, 0.717) is 12.3 Å². The van der Waals surface area contributed by atoms with E-state index in [1.807, 2.05) is 18.2 Å². The van der Waals surface area contributed by atoms with Crippen LogP contribution in [0.4, 0.5) is 5.13 Å². The summed E-state index contributed by atoms with van der Waals surface area (Å²) in [6.07, 6.45) is 1.50. The van der Waals surface area contributed by atoms with Crippen molar-refractivity contribution in [2.75, 3.05) is 44.2 Å². The van der Waals surface area contributed by atoms with Crippen LogP contribution in [0.15, 0.2) is 41.0 Å². The zero-order valence-electron chi connectivity index (χ0n) is 14.2. The van der Waals surface area contributed by atoms with Gasteiger partial charge in [0.1, 0.15) is 0 Å². The first-order chi connectivity index (χ1) is 12.7. The van der Waals surface area contributed by atoms with Crippen molar-refractivity contribution in [3.63, 3.8) is 0 Å². The summed E-state index contributed by atoms with van der Waals surface area (Å²) in [5, 5.41) is 4.68. The molecule has 0 bridgehead atoms. The highest BCUT2D eigenvalue weighted by Gasteiger charge is 2.20. The van der Waals surface area contributed by atoms with Gasteiger partial charge in [-0.25, -0.2) is 4.98 Å². The monoisotopic (exact) mass is 390 g/mol. The molecular formula is C18H19ClN4O2S. The van der Waals surface area contributed by atoms with Crippen molar-refractivity contribution in [3.05, 3.63) is 47.4 Å². The fourth-order valence-electron chi connectivity index (χ4n) is 3.01. The average Bonchev–Trinajstić information content (AvgIpc) is 3.31. The second-order valence-corrected chi connectivity index (χ2v) is 7.62. The highest BCUT2D eigenvalue weighted by atomic mass is 35.5. The van der Waals surface area contributed by atoms with Gasteiger partial charge in [-0.3, -0.25) is 9.69 Å². The van der Waals surface area contributed by atoms with Crippen molar-refractivity contribution in [1.29, 1.82) is 0 Å². The van der Waals surface area contributed by atoms with Crippen LogP contribution in [-0.4, -0.2) is 55.1 Å². The number of halogens is 1. The lowest BCUT2D eigenvalue weighted by atomic mass is 10.3. The number of nitrogens with one attached hydrogen (secondary N) is 1. The number of hydrogen-bond donors (Lipinski definition) is 1. The van der Waals surface area contributed by atoms with Gasteiger partial charge >= 0.3 is 0 Å². The van der Waals surface area contributed by atoms with Gasteiger partial charge < -0.3 is 14.6 Å². The Morgan fingerprint density at radius 1 is 1.27 bits per heavy atom. The molecule has 0 spiro atoms. The van der Waals surface area contributed by atoms with Crippen molar-refractivity contribution in [3.8, 4) is 0 Å². The van der Waals surface area contributed by atoms with E-state index in [2.05, 4.69) is 15.1 Å². The Hall–Kier alpha value is -2.09. The number of benzene rings is 1. The average molecular weight is 391 g/mol. The van der Waals surface area contributed by atoms with Gasteiger partial charge in [-0.05, 0) is 30.3 Å². The van der Waals surface area contributed by atoms with E-state index in [-0.39, 0.29) is 5.91 Å². The van der Waals surface area contributed by atoms with Crippen molar-refractivity contribution in [1.82, 2.24) is 15.2 Å². The number of anilines is 1. The fourth-order valence-corrected chi connectivity index (χ4v) is 4.30. The maximum Gasteiger partial charge on any atom is 0.287 e. The minimum atomic E-state index is -0.165. The minimum absolute atomic E-state index is 0.165. The summed E-state index contributed by atoms with van der Waals surface area (Å²) in [5.74, 6) is 0.188. The van der Waals surface area contributed by atoms with Crippen molar-refractivity contribution >= 4 is 44.2 Å². The summed E-state index contributed by atoms with van der Waals surface area (Å²) < 4.78 is 6.21. The maximum atomic E-state index is 11.8. The molecule has 136 valence electrons. The van der Waals surface area contributed by atoms with Gasteiger partial charge in [-0.15, -0.1) is 0 Å². The zero-order valence-corrected chi connectivity index (χ0v) is 15.7. The molecule has 3 heterocycles. The Bertz CT molecular complexity index is 888. The number of furan rings is 1. The van der Waals surface area contributed by atoms with E-state index < -0.39 is 0 Å². The van der Waals surface area contributed by atoms with E-state index in [0.717, 1.165) is 53.1 Å². The third kappa shape index (κ3) is 3.85. The molecule has 0 radical (unpaired) electrons. The van der Waals surface area contributed by atoms with E-state index in [1.165, 1.54) is 6.26 Å². The van der Waals surface area contributed by atoms with Crippen LogP contribution in [0.2, 0.25) is 5.02 Å². The van der Waals surface area contributed by atoms with Gasteiger partial charge in [-0.2, -0.15) is 0 Å². The zero-order chi connectivity index (χ0) is 17.9. The van der Waals surface area contributed by atoms with Crippen molar-refractivity contribution in [2.45, 2.75) is 0 Å². The molecule has 1 aliphatic heterocycles. The summed E-state index contributed by atoms with van der Waals surface area (Å²) >= 11 is 7.74. The molecule has 1 amide bonds. The van der Waals surface area contributed by atoms with Crippen LogP contribution in [0.1, 0.15) is 10.6 Å². The molecule has 0 unspecified atom stereocenters. The van der Waals surface area contributed by atoms with Crippen molar-refractivity contribution < 1.29 is 9.21 Å². The third-order valence-electron chi connectivity index (χ3n) is 4.44. The van der Waals surface area contributed by atoms with Crippen LogP contribution in [0, 0.1) is 0 Å². The molecule has 0 atom stereocenters. The van der Waals surface area contributed by atoms with E-state index >= 15 is 0 Å². The molecule has 0 aliphatic carbocycles. The molecule has 0 saturated carbocycles. The van der Waals surface area contributed by atoms with Crippen LogP contribution in [0.3, 0.4) is 0 Å². The van der Waals surface area contributed by atoms with E-state index in [9.17, 15) is 4.79 Å². The van der Waals surface area contributed by atoms with Crippen LogP contribution < -0.4 is 10.2 Å². The standard InChI is InChI=1S/C18H19ClN4O2S/c19-13-3-4-14-16(12-13)26-18(21-14)23-9-7-22(8-10-23)6-5-20-17(24)15-2-1-11-25-15/h1-4,11-12H,5-10H2,(H,20,24). The number of fused-ring (bicyclic) bond motifs is 1. The van der Waals surface area contributed by atoms with E-state index in [1.54, 1.807) is 23.5 Å². The molecule has 4 rings (SSSR count). The predicted octanol–water partition coefficient (Wildman–Crippen LogP) is 3.09. The third-order valence-corrected chi connectivity index (χ3v) is 5.75. The summed E-state index contributed by atoms with van der Waals surface area (Å²) in [7, 11) is 0. The molecule has 1 saturated heterocycles. The molecule has 26 heavy (non-hydrogen) atoms. The largest absolute Gasteiger partial charge is 0.459 e. The smallest absolute Gasteiger partial charge is 0.287 e. The molecule has 1 aliphatic rings. The first-order valence-corrected chi connectivity index (χ1v) is 9.73. The minimum Gasteiger partial charge on any atom is -0.459 e. The summed E-state index contributed by atoms with van der Waals surface area (Å²) in [6.45, 7) is 5.20. The number of hydrogen-bond acceptors (Lipinski definition) is 6. The van der Waals surface area contributed by atoms with Gasteiger partial charge in [0.05, 0.1) is 16.5 Å². The van der Waals surface area contributed by atoms with Crippen LogP contribution >= 0.6 is 22.9 Å². The maximum absolute atomic E-state index is 11.8. The molecule has 3 aromatic rings. The lowest BCUT2D eigenvalue weighted by molar-refractivity contribution is 0.0920. The highest BCUT2D eigenvalue weighted by Crippen LogP contribution is 2.31. The lowest BCUT2D eigenvalue weighted by Crippen LogP contribution is -2.48. The Kier molecular flexibility index (Phi) is 5.10. The number of amides is 1. The Balaban J connectivity index is 1.26. The number of carbonyl (C=O) groups excluding carboxylic acids is 1. The van der Waals surface area contributed by atoms with Gasteiger partial charge in [-0.1, -0.05) is 22.9 Å². The Morgan fingerprint density at radius 3 is 2.88 bits per heavy atom. The molecule has 8 heteroatoms. The number of carbonyl (C=O) groups is 1. The summed E-state index contributed by atoms with van der Waals surface area (Å²) in [5.41, 5.74) is 0.998. The number of piperazine rings is 1. The number of rotatable bonds is 5. The van der Waals surface area contributed by atoms with Gasteiger partial charge in [0.25, 0.3) is 5.91 Å². The van der Waals surface area contributed by atoms with Crippen LogP contribution in [0.25, 0.3) is 10.2 Å². The first-order valence-electron chi connectivity index (χ1n) is 8.54. The number of nitrogens with zero attached hydrogens (tertiary/aromatic N) is 3. The van der Waals surface area contributed by atoms with Gasteiger partial charge in [0.15, 0.2) is 10.9 Å². The van der Waals surface area contributed by atoms with Crippen LogP contribution in [0.5, 0.6) is 0 Å². The molecule has 1 N–H and O–H groups in total. The summed E-state index contributed by atoms with van der Waals surface area (Å²) in [6, 6.07) is 9.19. The van der Waals surface area contributed by atoms with Crippen LogP contribution in [-0.2, 0) is 0 Å². The lowest BCUT2D eigenvalue weighted by Gasteiger charge is -2.34. The van der Waals surface area contributed by atoms with Gasteiger partial charge in [0, 0.05) is 44.3 Å². The molecule has 1 fully saturated rings. The number of thiazole rings is 1. The number of aromatic nitrogens is 1. The molecule has 1 aromatic carbocycles. The Morgan fingerprint density at radius 2 is 2.12 bits per heavy atom. The quantitative estimate of drug-likeness (QED) is 0.725. The van der Waals surface area contributed by atoms with Crippen molar-refractivity contribution in [2.24, 2.45) is 0 Å². The molecular weight excluding hydrogens is 372 g/mol. The Labute approximate surface area is 160 Å². The first kappa shape index (κ1) is 17.3. The fraction of sp³-hybridized carbons (Fsp3) is 0.333. The SMILES string of the molecule is O=C(NCCN1CCN(c2nc3ccc(Cl)cc3s2)CC1)c1ccco1. The predicted molar refractivity (Wildman–Crippen MR) is 104 cm³/mol. The molecule has 2 aromatic heterocycles. The topological polar surface area (TPSA) is 61.6 Å². The van der Waals surface area contributed by atoms with E-state index in [4.69, 9.17) is 21.0 Å². The normalized spacial score (nSPS) is 15.5. The second kappa shape index (κ2) is 7.65.